The Kier molecular flexibility index (Phi) is 5.40. The molecule has 15 heavy (non-hydrogen) atoms. The fraction of sp³-hybridized carbons (Fsp3) is 0.500. The summed E-state index contributed by atoms with van der Waals surface area (Å²) in [4.78, 5) is 0. The lowest BCUT2D eigenvalue weighted by molar-refractivity contribution is 0.335. The van der Waals surface area contributed by atoms with E-state index < -0.39 is 0 Å². The molecule has 0 fully saturated rings. The maximum absolute atomic E-state index is 5.41. The molecule has 1 rings (SSSR count). The number of aryl methyl sites for hydroxylation is 1. The summed E-state index contributed by atoms with van der Waals surface area (Å²) in [6, 6.07) is 5.99. The number of ether oxygens (including phenoxy) is 2. The average Bonchev–Trinajstić information content (AvgIpc) is 2.27. The number of benzene rings is 1. The van der Waals surface area contributed by atoms with E-state index in [-0.39, 0.29) is 0 Å². The van der Waals surface area contributed by atoms with E-state index in [1.54, 1.807) is 7.11 Å². The first-order valence-electron chi connectivity index (χ1n) is 5.22. The molecule has 2 nitrogen and oxygen atoms in total. The summed E-state index contributed by atoms with van der Waals surface area (Å²) in [5.41, 5.74) is 1.22. The highest BCUT2D eigenvalue weighted by molar-refractivity contribution is 7.80. The minimum atomic E-state index is 0.680. The van der Waals surface area contributed by atoms with Crippen molar-refractivity contribution in [1.82, 2.24) is 0 Å². The molecule has 0 saturated carbocycles. The van der Waals surface area contributed by atoms with Crippen molar-refractivity contribution in [3.05, 3.63) is 23.8 Å². The van der Waals surface area contributed by atoms with Gasteiger partial charge < -0.3 is 9.47 Å². The zero-order chi connectivity index (χ0) is 11.1. The molecule has 0 amide bonds. The molecule has 0 spiro atoms. The van der Waals surface area contributed by atoms with Gasteiger partial charge in [0.05, 0.1) is 13.7 Å². The molecule has 0 aliphatic carbocycles. The van der Waals surface area contributed by atoms with Crippen molar-refractivity contribution in [1.29, 1.82) is 0 Å². The smallest absolute Gasteiger partial charge is 0.125 e. The molecular weight excluding hydrogens is 208 g/mol. The standard InChI is InChI=1S/C12H18O2S/c1-3-14-11-7-6-10(5-4-8-15)12(9-11)13-2/h6-7,9,15H,3-5,8H2,1-2H3. The predicted molar refractivity (Wildman–Crippen MR) is 66.3 cm³/mol. The van der Waals surface area contributed by atoms with Gasteiger partial charge in [0.2, 0.25) is 0 Å². The van der Waals surface area contributed by atoms with Gasteiger partial charge in [0.15, 0.2) is 0 Å². The molecule has 0 saturated heterocycles. The maximum atomic E-state index is 5.41. The largest absolute Gasteiger partial charge is 0.496 e. The van der Waals surface area contributed by atoms with Crippen LogP contribution in [0, 0.1) is 0 Å². The number of rotatable bonds is 6. The van der Waals surface area contributed by atoms with Crippen LogP contribution in [-0.2, 0) is 6.42 Å². The van der Waals surface area contributed by atoms with Crippen LogP contribution < -0.4 is 9.47 Å². The molecular formula is C12H18O2S. The van der Waals surface area contributed by atoms with Crippen LogP contribution >= 0.6 is 12.6 Å². The SMILES string of the molecule is CCOc1ccc(CCCS)c(OC)c1. The third-order valence-electron chi connectivity index (χ3n) is 2.17. The minimum Gasteiger partial charge on any atom is -0.496 e. The molecule has 1 aromatic rings. The zero-order valence-corrected chi connectivity index (χ0v) is 10.2. The summed E-state index contributed by atoms with van der Waals surface area (Å²) in [5.74, 6) is 2.67. The third kappa shape index (κ3) is 3.67. The van der Waals surface area contributed by atoms with E-state index in [0.29, 0.717) is 6.61 Å². The Labute approximate surface area is 97.0 Å². The topological polar surface area (TPSA) is 18.5 Å². The van der Waals surface area contributed by atoms with Crippen LogP contribution in [0.5, 0.6) is 11.5 Å². The second-order valence-electron chi connectivity index (χ2n) is 3.23. The Morgan fingerprint density at radius 1 is 1.33 bits per heavy atom. The highest BCUT2D eigenvalue weighted by Gasteiger charge is 2.04. The lowest BCUT2D eigenvalue weighted by atomic mass is 10.1. The molecule has 0 radical (unpaired) electrons. The molecule has 0 aliphatic rings. The van der Waals surface area contributed by atoms with E-state index >= 15 is 0 Å². The summed E-state index contributed by atoms with van der Waals surface area (Å²) in [6.45, 7) is 2.65. The van der Waals surface area contributed by atoms with Crippen LogP contribution in [0.4, 0.5) is 0 Å². The first kappa shape index (κ1) is 12.2. The quantitative estimate of drug-likeness (QED) is 0.752. The lowest BCUT2D eigenvalue weighted by Crippen LogP contribution is -1.96. The fourth-order valence-electron chi connectivity index (χ4n) is 1.46. The first-order valence-corrected chi connectivity index (χ1v) is 5.85. The van der Waals surface area contributed by atoms with E-state index in [0.717, 1.165) is 30.1 Å². The van der Waals surface area contributed by atoms with Gasteiger partial charge in [0.25, 0.3) is 0 Å². The third-order valence-corrected chi connectivity index (χ3v) is 2.49. The van der Waals surface area contributed by atoms with E-state index in [1.165, 1.54) is 5.56 Å². The van der Waals surface area contributed by atoms with Crippen LogP contribution in [0.2, 0.25) is 0 Å². The van der Waals surface area contributed by atoms with Crippen LogP contribution in [0.15, 0.2) is 18.2 Å². The summed E-state index contributed by atoms with van der Waals surface area (Å²) in [5, 5.41) is 0. The van der Waals surface area contributed by atoms with Gasteiger partial charge in [-0.05, 0) is 37.1 Å². The van der Waals surface area contributed by atoms with Gasteiger partial charge >= 0.3 is 0 Å². The van der Waals surface area contributed by atoms with Gasteiger partial charge in [-0.15, -0.1) is 0 Å². The average molecular weight is 226 g/mol. The number of hydrogen-bond acceptors (Lipinski definition) is 3. The second kappa shape index (κ2) is 6.62. The van der Waals surface area contributed by atoms with E-state index in [4.69, 9.17) is 9.47 Å². The van der Waals surface area contributed by atoms with E-state index in [2.05, 4.69) is 18.7 Å². The molecule has 0 N–H and O–H groups in total. The highest BCUT2D eigenvalue weighted by Crippen LogP contribution is 2.25. The second-order valence-corrected chi connectivity index (χ2v) is 3.68. The van der Waals surface area contributed by atoms with E-state index in [9.17, 15) is 0 Å². The Balaban J connectivity index is 2.78. The Morgan fingerprint density at radius 3 is 2.73 bits per heavy atom. The Hall–Kier alpha value is -0.830. The Morgan fingerprint density at radius 2 is 2.13 bits per heavy atom. The molecule has 3 heteroatoms. The van der Waals surface area contributed by atoms with Crippen molar-refractivity contribution >= 4 is 12.6 Å². The van der Waals surface area contributed by atoms with Crippen LogP contribution in [0.1, 0.15) is 18.9 Å². The summed E-state index contributed by atoms with van der Waals surface area (Å²) >= 11 is 4.20. The predicted octanol–water partition coefficient (Wildman–Crippen LogP) is 2.96. The van der Waals surface area contributed by atoms with Crippen LogP contribution in [0.25, 0.3) is 0 Å². The minimum absolute atomic E-state index is 0.680. The summed E-state index contributed by atoms with van der Waals surface area (Å²) in [7, 11) is 1.69. The van der Waals surface area contributed by atoms with Gasteiger partial charge in [0, 0.05) is 6.07 Å². The normalized spacial score (nSPS) is 10.1. The molecule has 1 aromatic carbocycles. The van der Waals surface area contributed by atoms with Crippen molar-refractivity contribution in [3.63, 3.8) is 0 Å². The number of thiol groups is 1. The number of hydrogen-bond donors (Lipinski definition) is 1. The molecule has 0 aromatic heterocycles. The van der Waals surface area contributed by atoms with Crippen LogP contribution in [0.3, 0.4) is 0 Å². The lowest BCUT2D eigenvalue weighted by Gasteiger charge is -2.10. The molecule has 84 valence electrons. The van der Waals surface area contributed by atoms with Gasteiger partial charge in [-0.2, -0.15) is 12.6 Å². The van der Waals surface area contributed by atoms with Crippen LogP contribution in [-0.4, -0.2) is 19.5 Å². The van der Waals surface area contributed by atoms with E-state index in [1.807, 2.05) is 19.1 Å². The van der Waals surface area contributed by atoms with Crippen molar-refractivity contribution in [2.75, 3.05) is 19.5 Å². The van der Waals surface area contributed by atoms with Gasteiger partial charge in [-0.25, -0.2) is 0 Å². The maximum Gasteiger partial charge on any atom is 0.125 e. The van der Waals surface area contributed by atoms with Gasteiger partial charge in [0.1, 0.15) is 11.5 Å². The monoisotopic (exact) mass is 226 g/mol. The number of methoxy groups -OCH3 is 1. The zero-order valence-electron chi connectivity index (χ0n) is 9.32. The molecule has 0 aliphatic heterocycles. The summed E-state index contributed by atoms with van der Waals surface area (Å²) in [6.07, 6.45) is 2.06. The van der Waals surface area contributed by atoms with Gasteiger partial charge in [-0.3, -0.25) is 0 Å². The highest BCUT2D eigenvalue weighted by atomic mass is 32.1. The van der Waals surface area contributed by atoms with Crippen molar-refractivity contribution in [3.8, 4) is 11.5 Å². The molecule has 0 atom stereocenters. The molecule has 0 unspecified atom stereocenters. The Bertz CT molecular complexity index is 300. The van der Waals surface area contributed by atoms with Crippen molar-refractivity contribution < 1.29 is 9.47 Å². The van der Waals surface area contributed by atoms with Gasteiger partial charge in [-0.1, -0.05) is 6.07 Å². The molecule has 0 heterocycles. The summed E-state index contributed by atoms with van der Waals surface area (Å²) < 4.78 is 10.7. The van der Waals surface area contributed by atoms with Crippen molar-refractivity contribution in [2.45, 2.75) is 19.8 Å². The fourth-order valence-corrected chi connectivity index (χ4v) is 1.62. The first-order chi connectivity index (χ1) is 7.31. The molecule has 0 bridgehead atoms. The van der Waals surface area contributed by atoms with Crippen molar-refractivity contribution in [2.24, 2.45) is 0 Å².